The van der Waals surface area contributed by atoms with Crippen LogP contribution >= 0.6 is 0 Å². The normalized spacial score (nSPS) is 18.6. The number of hydrogen-bond donors (Lipinski definition) is 2. The monoisotopic (exact) mass is 426 g/mol. The van der Waals surface area contributed by atoms with E-state index >= 15 is 0 Å². The molecule has 0 aromatic heterocycles. The lowest BCUT2D eigenvalue weighted by atomic mass is 10.2. The van der Waals surface area contributed by atoms with E-state index in [9.17, 15) is 57.1 Å². The van der Waals surface area contributed by atoms with Crippen molar-refractivity contribution >= 4 is 0 Å². The first kappa shape index (κ1) is 24.9. The van der Waals surface area contributed by atoms with Gasteiger partial charge in [0.05, 0.1) is 6.61 Å². The van der Waals surface area contributed by atoms with Crippen molar-refractivity contribution in [2.24, 2.45) is 0 Å². The van der Waals surface area contributed by atoms with E-state index in [2.05, 4.69) is 4.74 Å². The SMILES string of the molecule is OCC(OC(F)(F)C(F)(OC(F)(F)C(F)(F)CO)C(F)(F)F)C(F)(F)F. The second kappa shape index (κ2) is 7.16. The van der Waals surface area contributed by atoms with Crippen molar-refractivity contribution in [1.29, 1.82) is 0 Å². The summed E-state index contributed by atoms with van der Waals surface area (Å²) in [6.07, 6.45) is -31.4. The summed E-state index contributed by atoms with van der Waals surface area (Å²) < 4.78 is 169. The summed E-state index contributed by atoms with van der Waals surface area (Å²) >= 11 is 0. The van der Waals surface area contributed by atoms with Gasteiger partial charge in [0.2, 0.25) is 0 Å². The van der Waals surface area contributed by atoms with E-state index in [0.717, 1.165) is 0 Å². The largest absolute Gasteiger partial charge is 0.458 e. The average Bonchev–Trinajstić information content (AvgIpc) is 2.41. The molecular weight excluding hydrogens is 419 g/mol. The maximum Gasteiger partial charge on any atom is 0.458 e. The third-order valence-corrected chi connectivity index (χ3v) is 2.45. The highest BCUT2D eigenvalue weighted by Gasteiger charge is 2.80. The van der Waals surface area contributed by atoms with Crippen molar-refractivity contribution in [3.63, 3.8) is 0 Å². The molecule has 2 unspecified atom stereocenters. The van der Waals surface area contributed by atoms with Crippen LogP contribution in [0.3, 0.4) is 0 Å². The number of alkyl halides is 13. The molecule has 17 heteroatoms. The number of aliphatic hydroxyl groups excluding tert-OH is 2. The Hall–Kier alpha value is -1.07. The van der Waals surface area contributed by atoms with Gasteiger partial charge in [-0.15, -0.1) is 0 Å². The molecule has 0 rings (SSSR count). The lowest BCUT2D eigenvalue weighted by Gasteiger charge is -2.38. The fraction of sp³-hybridized carbons (Fsp3) is 1.00. The van der Waals surface area contributed by atoms with Crippen molar-refractivity contribution in [1.82, 2.24) is 0 Å². The molecule has 0 saturated heterocycles. The third kappa shape index (κ3) is 4.80. The quantitative estimate of drug-likeness (QED) is 0.587. The number of ether oxygens (including phenoxy) is 2. The minimum absolute atomic E-state index is 1.81. The van der Waals surface area contributed by atoms with E-state index in [4.69, 9.17) is 10.2 Å². The van der Waals surface area contributed by atoms with Crippen LogP contribution in [0.5, 0.6) is 0 Å². The Morgan fingerprint density at radius 3 is 1.38 bits per heavy atom. The van der Waals surface area contributed by atoms with Crippen LogP contribution in [0.4, 0.5) is 57.1 Å². The molecule has 158 valence electrons. The van der Waals surface area contributed by atoms with Crippen LogP contribution in [-0.2, 0) is 9.47 Å². The van der Waals surface area contributed by atoms with Gasteiger partial charge in [0, 0.05) is 0 Å². The van der Waals surface area contributed by atoms with Crippen LogP contribution < -0.4 is 0 Å². The highest BCUT2D eigenvalue weighted by Crippen LogP contribution is 2.52. The van der Waals surface area contributed by atoms with Crippen LogP contribution in [0.25, 0.3) is 0 Å². The number of hydrogen-bond acceptors (Lipinski definition) is 4. The van der Waals surface area contributed by atoms with E-state index in [1.54, 1.807) is 0 Å². The van der Waals surface area contributed by atoms with Gasteiger partial charge in [0.15, 0.2) is 6.10 Å². The zero-order valence-electron chi connectivity index (χ0n) is 11.6. The Morgan fingerprint density at radius 2 is 1.12 bits per heavy atom. The zero-order chi connectivity index (χ0) is 21.4. The lowest BCUT2D eigenvalue weighted by Crippen LogP contribution is -2.65. The van der Waals surface area contributed by atoms with Gasteiger partial charge >= 0.3 is 36.3 Å². The molecule has 0 aliphatic carbocycles. The maximum absolute atomic E-state index is 13.6. The molecule has 2 N–H and O–H groups in total. The summed E-state index contributed by atoms with van der Waals surface area (Å²) in [6, 6.07) is 0. The van der Waals surface area contributed by atoms with E-state index in [0.29, 0.717) is 0 Å². The molecule has 0 radical (unpaired) electrons. The van der Waals surface area contributed by atoms with E-state index in [1.165, 1.54) is 0 Å². The van der Waals surface area contributed by atoms with Crippen LogP contribution in [0, 0.1) is 0 Å². The fourth-order valence-electron chi connectivity index (χ4n) is 1.09. The molecule has 0 saturated carbocycles. The molecule has 0 fully saturated rings. The van der Waals surface area contributed by atoms with E-state index in [-0.39, 0.29) is 0 Å². The van der Waals surface area contributed by atoms with Crippen molar-refractivity contribution in [2.45, 2.75) is 42.5 Å². The molecular formula is C9H7F13O4. The van der Waals surface area contributed by atoms with Crippen LogP contribution in [0.2, 0.25) is 0 Å². The highest BCUT2D eigenvalue weighted by molar-refractivity contribution is 4.91. The molecule has 0 amide bonds. The first-order valence-electron chi connectivity index (χ1n) is 5.74. The first-order chi connectivity index (χ1) is 11.2. The van der Waals surface area contributed by atoms with Crippen molar-refractivity contribution in [2.75, 3.05) is 13.2 Å². The summed E-state index contributed by atoms with van der Waals surface area (Å²) in [5, 5.41) is 16.1. The first-order valence-corrected chi connectivity index (χ1v) is 5.74. The van der Waals surface area contributed by atoms with Crippen LogP contribution in [0.1, 0.15) is 0 Å². The van der Waals surface area contributed by atoms with Crippen molar-refractivity contribution < 1.29 is 76.8 Å². The molecule has 2 atom stereocenters. The Morgan fingerprint density at radius 1 is 0.692 bits per heavy atom. The zero-order valence-corrected chi connectivity index (χ0v) is 11.6. The molecule has 0 spiro atoms. The average molecular weight is 426 g/mol. The van der Waals surface area contributed by atoms with Gasteiger partial charge in [0.25, 0.3) is 0 Å². The van der Waals surface area contributed by atoms with Gasteiger partial charge in [-0.05, 0) is 0 Å². The minimum Gasteiger partial charge on any atom is -0.393 e. The molecule has 0 heterocycles. The fourth-order valence-corrected chi connectivity index (χ4v) is 1.09. The summed E-state index contributed by atoms with van der Waals surface area (Å²) in [5.74, 6) is -13.3. The molecule has 4 nitrogen and oxygen atoms in total. The predicted octanol–water partition coefficient (Wildman–Crippen LogP) is 2.98. The van der Waals surface area contributed by atoms with Gasteiger partial charge in [-0.2, -0.15) is 57.1 Å². The van der Waals surface area contributed by atoms with E-state index < -0.39 is 55.7 Å². The summed E-state index contributed by atoms with van der Waals surface area (Å²) in [6.45, 7) is -5.53. The standard InChI is InChI=1S/C9H7F13O4/c10-4(11,2-24)8(19,20)26-6(15,7(16,17)18)9(21,22)25-3(1-23)5(12,13)14/h3,23-24H,1-2H2. The van der Waals surface area contributed by atoms with Crippen molar-refractivity contribution in [3.05, 3.63) is 0 Å². The molecule has 0 aliphatic heterocycles. The Bertz CT molecular complexity index is 473. The number of rotatable bonds is 8. The molecule has 26 heavy (non-hydrogen) atoms. The van der Waals surface area contributed by atoms with E-state index in [1.807, 2.05) is 4.74 Å². The Labute approximate surface area is 134 Å². The smallest absolute Gasteiger partial charge is 0.393 e. The number of aliphatic hydroxyl groups is 2. The maximum atomic E-state index is 13.6. The summed E-state index contributed by atoms with van der Waals surface area (Å²) in [5.41, 5.74) is 0. The van der Waals surface area contributed by atoms with Gasteiger partial charge in [-0.25, -0.2) is 0 Å². The topological polar surface area (TPSA) is 58.9 Å². The summed E-state index contributed by atoms with van der Waals surface area (Å²) in [4.78, 5) is 0. The molecule has 0 bridgehead atoms. The molecule has 0 aliphatic rings. The summed E-state index contributed by atoms with van der Waals surface area (Å²) in [7, 11) is 0. The molecule has 0 aromatic rings. The Kier molecular flexibility index (Phi) is 6.86. The van der Waals surface area contributed by atoms with Gasteiger partial charge in [-0.1, -0.05) is 0 Å². The van der Waals surface area contributed by atoms with Gasteiger partial charge in [0.1, 0.15) is 6.61 Å². The van der Waals surface area contributed by atoms with Gasteiger partial charge in [-0.3, -0.25) is 4.74 Å². The van der Waals surface area contributed by atoms with Crippen molar-refractivity contribution in [3.8, 4) is 0 Å². The second-order valence-electron chi connectivity index (χ2n) is 4.42. The van der Waals surface area contributed by atoms with Crippen LogP contribution in [0.15, 0.2) is 0 Å². The second-order valence-corrected chi connectivity index (χ2v) is 4.42. The number of halogens is 13. The lowest BCUT2D eigenvalue weighted by molar-refractivity contribution is -0.527. The minimum atomic E-state index is -7.34. The molecule has 0 aromatic carbocycles. The third-order valence-electron chi connectivity index (χ3n) is 2.45. The van der Waals surface area contributed by atoms with Crippen LogP contribution in [-0.4, -0.2) is 65.9 Å². The Balaban J connectivity index is 6.09. The van der Waals surface area contributed by atoms with Gasteiger partial charge < -0.3 is 14.9 Å². The highest BCUT2D eigenvalue weighted by atomic mass is 19.4. The predicted molar refractivity (Wildman–Crippen MR) is 50.9 cm³/mol.